The van der Waals surface area contributed by atoms with E-state index in [-0.39, 0.29) is 0 Å². The molecule has 0 N–H and O–H groups in total. The fraction of sp³-hybridized carbons (Fsp3) is 0.0163. The Morgan fingerprint density at radius 3 is 0.705 bits per heavy atom. The number of hydrogen-bond donors (Lipinski definition) is 0. The van der Waals surface area contributed by atoms with Crippen molar-refractivity contribution >= 4 is 87.2 Å². The summed E-state index contributed by atoms with van der Waals surface area (Å²) in [6.45, 7) is 4.27. The quantitative estimate of drug-likeness (QED) is 0.0875. The highest BCUT2D eigenvalue weighted by Crippen LogP contribution is 2.41. The fourth-order valence-corrected chi connectivity index (χ4v) is 19.8. The lowest BCUT2D eigenvalue weighted by molar-refractivity contribution is 0.984. The molecule has 0 atom stereocenters. The number of hydrogen-bond acceptors (Lipinski definition) is 15. The molecule has 0 aliphatic heterocycles. The van der Waals surface area contributed by atoms with Crippen molar-refractivity contribution in [3.63, 3.8) is 0 Å². The van der Waals surface area contributed by atoms with Crippen molar-refractivity contribution in [1.29, 1.82) is 0 Å². The average molecular weight is 1890 g/mol. The predicted molar refractivity (Wildman–Crippen MR) is 580 cm³/mol. The molecular weight excluding hydrogens is 1800 g/mol. The van der Waals surface area contributed by atoms with Crippen molar-refractivity contribution in [1.82, 2.24) is 112 Å². The molecule has 146 heavy (non-hydrogen) atoms. The summed E-state index contributed by atoms with van der Waals surface area (Å²) < 4.78 is 17.5. The van der Waals surface area contributed by atoms with Crippen LogP contribution in [-0.4, -0.2) is 112 Å². The Morgan fingerprint density at radius 2 is 0.418 bits per heavy atom. The van der Waals surface area contributed by atoms with E-state index in [0.29, 0.717) is 34.7 Å². The zero-order valence-electron chi connectivity index (χ0n) is 78.9. The molecule has 0 radical (unpaired) electrons. The van der Waals surface area contributed by atoms with Gasteiger partial charge in [-0.25, -0.2) is 29.9 Å². The summed E-state index contributed by atoms with van der Waals surface area (Å²) in [6.07, 6.45) is 11.2. The molecule has 28 aromatic rings. The van der Waals surface area contributed by atoms with Gasteiger partial charge in [-0.05, 0) is 183 Å². The first kappa shape index (κ1) is 87.2. The van der Waals surface area contributed by atoms with Crippen molar-refractivity contribution in [3.8, 4) is 137 Å². The van der Waals surface area contributed by atoms with E-state index in [1.54, 1.807) is 24.8 Å². The van der Waals surface area contributed by atoms with Crippen LogP contribution < -0.4 is 0 Å². The number of aromatic nitrogens is 23. The van der Waals surface area contributed by atoms with E-state index < -0.39 is 0 Å². The van der Waals surface area contributed by atoms with Gasteiger partial charge in [-0.15, -0.1) is 40.8 Å². The Bertz CT molecular complexity index is 8560. The molecule has 17 aromatic carbocycles. The molecule has 0 amide bonds. The number of para-hydroxylation sites is 8. The van der Waals surface area contributed by atoms with E-state index in [2.05, 4.69) is 434 Å². The van der Waals surface area contributed by atoms with Crippen molar-refractivity contribution in [3.05, 3.63) is 492 Å². The molecule has 0 aliphatic rings. The summed E-state index contributed by atoms with van der Waals surface area (Å²) in [4.78, 5) is 29.8. The Kier molecular flexibility index (Phi) is 22.8. The molecular formula is C123H85N23. The van der Waals surface area contributed by atoms with Gasteiger partial charge in [0.1, 0.15) is 30.4 Å². The second-order valence-electron chi connectivity index (χ2n) is 35.2. The summed E-state index contributed by atoms with van der Waals surface area (Å²) in [5.74, 6) is 6.21. The third-order valence-electron chi connectivity index (χ3n) is 26.6. The highest BCUT2D eigenvalue weighted by molar-refractivity contribution is 6.12. The molecule has 23 nitrogen and oxygen atoms in total. The van der Waals surface area contributed by atoms with Crippen LogP contribution in [0, 0.1) is 13.8 Å². The molecule has 0 fully saturated rings. The molecule has 0 spiro atoms. The SMILES string of the molecule is Cc1ccc(-c2nnc(-c3ccccc3)n2-c2ccc(-n3c4ccccc4c4ccccc43)cc2)cc1C.c1ccc(-c2nnc(-c3ccncn3)n2-c2ccc(-n3c4ccccc4c4ccccc43)cc2)cc1.c1ccc(-c2nnc(-c3cnccn3)n2-c2ccc(-n3c4ccccc4c4ccccc43)cc2)cc1.c1ccc(-c2nnc(-c3ncncn3)n2-c2ccc(-n3c4ccccc4c4ccccc43)cc2)cc1. The first-order valence-electron chi connectivity index (χ1n) is 48.0. The maximum Gasteiger partial charge on any atom is 0.206 e. The average Bonchev–Trinajstić information content (AvgIpc) is 1.60. The standard InChI is InChI=1S/C34H26N4.2C30H20N6.C29H19N7/c1-23-16-17-26(22-24(23)2)34-36-35-33(25-10-4-3-5-11-25)38(34)28-20-18-27(19-21-28)37-31-14-8-6-12-29(31)30-13-7-9-15-32(30)37;1-2-8-21(9-3-1)29-33-34-30(26-20-31-18-19-32-26)36(29)23-16-14-22(15-17-23)35-27-12-6-4-10-24(27)25-11-5-7-13-28(25)35;1-2-8-21(9-3-1)29-33-34-30(26-18-19-31-20-32-26)36(29)23-16-14-22(15-17-23)35-27-12-6-4-10-24(27)25-11-5-7-13-28(25)35;1-2-8-20(9-3-1)28-33-34-29(27-31-18-30-19-32-27)36(28)22-16-14-21(15-17-22)35-25-12-6-4-10-23(25)24-11-5-7-13-26(24)35/h3-22H,1-2H3;2*1-20H;1-19H. The molecule has 0 saturated carbocycles. The normalized spacial score (nSPS) is 11.4. The lowest BCUT2D eigenvalue weighted by Crippen LogP contribution is -2.03. The second kappa shape index (κ2) is 38.1. The van der Waals surface area contributed by atoms with E-state index in [0.717, 1.165) is 102 Å². The number of fused-ring (bicyclic) bond motifs is 12. The maximum atomic E-state index is 4.67. The summed E-state index contributed by atoms with van der Waals surface area (Å²) in [5, 5.41) is 46.3. The van der Waals surface area contributed by atoms with Gasteiger partial charge >= 0.3 is 0 Å². The summed E-state index contributed by atoms with van der Waals surface area (Å²) in [7, 11) is 0. The Hall–Kier alpha value is -20.3. The van der Waals surface area contributed by atoms with Gasteiger partial charge in [-0.1, -0.05) is 279 Å². The van der Waals surface area contributed by atoms with Gasteiger partial charge in [-0.3, -0.25) is 23.3 Å². The summed E-state index contributed by atoms with van der Waals surface area (Å²) in [6, 6.07) is 151. The number of benzene rings is 17. The minimum atomic E-state index is 0.464. The van der Waals surface area contributed by atoms with Crippen molar-refractivity contribution < 1.29 is 0 Å². The van der Waals surface area contributed by atoms with Crippen LogP contribution in [0.15, 0.2) is 481 Å². The molecule has 0 unspecified atom stereocenters. The van der Waals surface area contributed by atoms with Crippen LogP contribution in [0.25, 0.3) is 224 Å². The van der Waals surface area contributed by atoms with Crippen LogP contribution in [0.2, 0.25) is 0 Å². The molecule has 692 valence electrons. The van der Waals surface area contributed by atoms with Gasteiger partial charge in [0.25, 0.3) is 0 Å². The predicted octanol–water partition coefficient (Wildman–Crippen LogP) is 27.2. The molecule has 0 bridgehead atoms. The molecule has 23 heteroatoms. The smallest absolute Gasteiger partial charge is 0.206 e. The second-order valence-corrected chi connectivity index (χ2v) is 35.2. The number of aryl methyl sites for hydroxylation is 2. The van der Waals surface area contributed by atoms with Crippen molar-refractivity contribution in [2.45, 2.75) is 13.8 Å². The minimum absolute atomic E-state index is 0.464. The Balaban J connectivity index is 0.000000102. The molecule has 11 aromatic heterocycles. The van der Waals surface area contributed by atoms with E-state index in [4.69, 9.17) is 0 Å². The highest BCUT2D eigenvalue weighted by Gasteiger charge is 2.27. The minimum Gasteiger partial charge on any atom is -0.309 e. The van der Waals surface area contributed by atoms with E-state index in [1.807, 2.05) is 129 Å². The monoisotopic (exact) mass is 1880 g/mol. The first-order valence-corrected chi connectivity index (χ1v) is 48.0. The maximum absolute atomic E-state index is 4.67. The fourth-order valence-electron chi connectivity index (χ4n) is 19.8. The number of nitrogens with zero attached hydrogens (tertiary/aromatic N) is 23. The van der Waals surface area contributed by atoms with E-state index >= 15 is 0 Å². The van der Waals surface area contributed by atoms with Crippen LogP contribution in [0.1, 0.15) is 11.1 Å². The van der Waals surface area contributed by atoms with Crippen molar-refractivity contribution in [2.75, 3.05) is 0 Å². The van der Waals surface area contributed by atoms with Gasteiger partial charge in [-0.2, -0.15) is 0 Å². The molecule has 11 heterocycles. The van der Waals surface area contributed by atoms with Crippen LogP contribution in [0.3, 0.4) is 0 Å². The summed E-state index contributed by atoms with van der Waals surface area (Å²) >= 11 is 0. The lowest BCUT2D eigenvalue weighted by Gasteiger charge is -2.14. The van der Waals surface area contributed by atoms with Crippen LogP contribution in [-0.2, 0) is 0 Å². The third kappa shape index (κ3) is 16.0. The summed E-state index contributed by atoms with van der Waals surface area (Å²) in [5.41, 5.74) is 26.6. The zero-order valence-corrected chi connectivity index (χ0v) is 78.9. The van der Waals surface area contributed by atoms with Crippen LogP contribution >= 0.6 is 0 Å². The van der Waals surface area contributed by atoms with Crippen LogP contribution in [0.4, 0.5) is 0 Å². The van der Waals surface area contributed by atoms with Crippen LogP contribution in [0.5, 0.6) is 0 Å². The first-order chi connectivity index (χ1) is 72.3. The Labute approximate surface area is 836 Å². The van der Waals surface area contributed by atoms with Gasteiger partial charge < -0.3 is 18.3 Å². The third-order valence-corrected chi connectivity index (χ3v) is 26.6. The Morgan fingerprint density at radius 1 is 0.164 bits per heavy atom. The highest BCUT2D eigenvalue weighted by atomic mass is 15.3. The van der Waals surface area contributed by atoms with Gasteiger partial charge in [0.2, 0.25) is 11.6 Å². The van der Waals surface area contributed by atoms with Gasteiger partial charge in [0, 0.05) is 135 Å². The largest absolute Gasteiger partial charge is 0.309 e. The molecule has 0 saturated heterocycles. The topological polar surface area (TPSA) is 233 Å². The zero-order chi connectivity index (χ0) is 97.3. The number of rotatable bonds is 16. The van der Waals surface area contributed by atoms with E-state index in [9.17, 15) is 0 Å². The molecule has 0 aliphatic carbocycles. The lowest BCUT2D eigenvalue weighted by atomic mass is 10.1. The van der Waals surface area contributed by atoms with Gasteiger partial charge in [0.15, 0.2) is 40.8 Å². The van der Waals surface area contributed by atoms with E-state index in [1.165, 1.54) is 117 Å². The van der Waals surface area contributed by atoms with Crippen molar-refractivity contribution in [2.24, 2.45) is 0 Å². The van der Waals surface area contributed by atoms with Gasteiger partial charge in [0.05, 0.1) is 50.3 Å². The molecule has 28 rings (SSSR count).